The van der Waals surface area contributed by atoms with E-state index >= 15 is 0 Å². The Labute approximate surface area is 121 Å². The Morgan fingerprint density at radius 2 is 2.20 bits per heavy atom. The fourth-order valence-corrected chi connectivity index (χ4v) is 3.25. The van der Waals surface area contributed by atoms with Gasteiger partial charge in [-0.05, 0) is 30.7 Å². The second kappa shape index (κ2) is 6.39. The highest BCUT2D eigenvalue weighted by atomic mass is 15.3. The summed E-state index contributed by atoms with van der Waals surface area (Å²) in [6, 6.07) is 2.01. The summed E-state index contributed by atoms with van der Waals surface area (Å²) in [5, 5.41) is 6.79. The van der Waals surface area contributed by atoms with Crippen LogP contribution >= 0.6 is 0 Å². The highest BCUT2D eigenvalue weighted by Crippen LogP contribution is 2.30. The van der Waals surface area contributed by atoms with Gasteiger partial charge in [0.1, 0.15) is 5.82 Å². The first-order valence-electron chi connectivity index (χ1n) is 7.84. The van der Waals surface area contributed by atoms with Crippen molar-refractivity contribution in [3.8, 4) is 0 Å². The third-order valence-electron chi connectivity index (χ3n) is 4.43. The van der Waals surface area contributed by atoms with Crippen LogP contribution in [0.15, 0.2) is 12.3 Å². The smallest absolute Gasteiger partial charge is 0.224 e. The minimum Gasteiger partial charge on any atom is -0.354 e. The van der Waals surface area contributed by atoms with Crippen LogP contribution in [-0.2, 0) is 0 Å². The van der Waals surface area contributed by atoms with Crippen molar-refractivity contribution in [1.29, 1.82) is 0 Å². The lowest BCUT2D eigenvalue weighted by atomic mass is 10.1. The number of aromatic nitrogens is 2. The van der Waals surface area contributed by atoms with Crippen LogP contribution in [0, 0.1) is 11.8 Å². The van der Waals surface area contributed by atoms with Gasteiger partial charge in [0.05, 0.1) is 0 Å². The minimum absolute atomic E-state index is 0.778. The summed E-state index contributed by atoms with van der Waals surface area (Å²) in [6.45, 7) is 7.48. The molecule has 0 bridgehead atoms. The van der Waals surface area contributed by atoms with E-state index in [1.54, 1.807) is 0 Å². The van der Waals surface area contributed by atoms with Crippen molar-refractivity contribution in [1.82, 2.24) is 15.3 Å². The number of hydrogen-bond acceptors (Lipinski definition) is 5. The maximum Gasteiger partial charge on any atom is 0.224 e. The van der Waals surface area contributed by atoms with Crippen molar-refractivity contribution < 1.29 is 0 Å². The third kappa shape index (κ3) is 3.39. The molecule has 0 aromatic carbocycles. The Morgan fingerprint density at radius 1 is 1.35 bits per heavy atom. The van der Waals surface area contributed by atoms with E-state index in [0.717, 1.165) is 56.3 Å². The standard InChI is InChI=1S/C15H25N5/c1-12-2-3-13(10-12)11-18-15-17-5-4-14(19-15)20-8-6-16-7-9-20/h4-5,12-13,16H,2-3,6-11H2,1H3,(H,17,18,19). The Hall–Kier alpha value is -1.36. The SMILES string of the molecule is CC1CCC(CNc2nccc(N3CCNCC3)n2)C1. The summed E-state index contributed by atoms with van der Waals surface area (Å²) in [6.07, 6.45) is 5.91. The molecule has 2 unspecified atom stereocenters. The lowest BCUT2D eigenvalue weighted by Gasteiger charge is -2.28. The summed E-state index contributed by atoms with van der Waals surface area (Å²) in [4.78, 5) is 11.3. The largest absolute Gasteiger partial charge is 0.354 e. The quantitative estimate of drug-likeness (QED) is 0.876. The number of anilines is 2. The molecule has 110 valence electrons. The molecule has 3 rings (SSSR count). The molecule has 0 amide bonds. The molecule has 2 atom stereocenters. The van der Waals surface area contributed by atoms with Crippen LogP contribution in [0.5, 0.6) is 0 Å². The van der Waals surface area contributed by atoms with E-state index in [-0.39, 0.29) is 0 Å². The number of hydrogen-bond donors (Lipinski definition) is 2. The van der Waals surface area contributed by atoms with Gasteiger partial charge in [0.2, 0.25) is 5.95 Å². The lowest BCUT2D eigenvalue weighted by molar-refractivity contribution is 0.535. The third-order valence-corrected chi connectivity index (χ3v) is 4.43. The van der Waals surface area contributed by atoms with Gasteiger partial charge in [-0.15, -0.1) is 0 Å². The summed E-state index contributed by atoms with van der Waals surface area (Å²) in [5.74, 6) is 3.50. The Bertz CT molecular complexity index is 430. The molecule has 1 aromatic rings. The molecule has 2 fully saturated rings. The van der Waals surface area contributed by atoms with E-state index in [9.17, 15) is 0 Å². The van der Waals surface area contributed by atoms with Crippen molar-refractivity contribution in [2.24, 2.45) is 11.8 Å². The predicted octanol–water partition coefficient (Wildman–Crippen LogP) is 1.73. The summed E-state index contributed by atoms with van der Waals surface area (Å²) >= 11 is 0. The topological polar surface area (TPSA) is 53.1 Å². The van der Waals surface area contributed by atoms with Crippen LogP contribution in [0.25, 0.3) is 0 Å². The van der Waals surface area contributed by atoms with Gasteiger partial charge in [-0.3, -0.25) is 0 Å². The van der Waals surface area contributed by atoms with Crippen LogP contribution in [0.4, 0.5) is 11.8 Å². The van der Waals surface area contributed by atoms with Gasteiger partial charge in [0.25, 0.3) is 0 Å². The number of piperazine rings is 1. The van der Waals surface area contributed by atoms with Crippen LogP contribution in [0.2, 0.25) is 0 Å². The molecule has 0 radical (unpaired) electrons. The maximum atomic E-state index is 4.65. The van der Waals surface area contributed by atoms with Gasteiger partial charge in [-0.1, -0.05) is 13.3 Å². The number of nitrogens with one attached hydrogen (secondary N) is 2. The van der Waals surface area contributed by atoms with Crippen LogP contribution < -0.4 is 15.5 Å². The predicted molar refractivity (Wildman–Crippen MR) is 82.1 cm³/mol. The highest BCUT2D eigenvalue weighted by molar-refractivity contribution is 5.42. The second-order valence-electron chi connectivity index (χ2n) is 6.14. The molecule has 5 heteroatoms. The van der Waals surface area contributed by atoms with E-state index in [1.165, 1.54) is 19.3 Å². The average Bonchev–Trinajstić information content (AvgIpc) is 2.92. The van der Waals surface area contributed by atoms with Gasteiger partial charge < -0.3 is 15.5 Å². The van der Waals surface area contributed by atoms with Crippen LogP contribution in [0.1, 0.15) is 26.2 Å². The molecular formula is C15H25N5. The van der Waals surface area contributed by atoms with E-state index < -0.39 is 0 Å². The number of rotatable bonds is 4. The Balaban J connectivity index is 1.56. The zero-order chi connectivity index (χ0) is 13.8. The lowest BCUT2D eigenvalue weighted by Crippen LogP contribution is -2.43. The van der Waals surface area contributed by atoms with E-state index in [4.69, 9.17) is 0 Å². The van der Waals surface area contributed by atoms with E-state index in [0.29, 0.717) is 0 Å². The molecule has 1 aromatic heterocycles. The van der Waals surface area contributed by atoms with Gasteiger partial charge >= 0.3 is 0 Å². The molecule has 0 spiro atoms. The molecular weight excluding hydrogens is 250 g/mol. The normalized spacial score (nSPS) is 26.8. The summed E-state index contributed by atoms with van der Waals surface area (Å²) in [7, 11) is 0. The van der Waals surface area contributed by atoms with Crippen molar-refractivity contribution in [3.63, 3.8) is 0 Å². The van der Waals surface area contributed by atoms with Crippen molar-refractivity contribution in [2.45, 2.75) is 26.2 Å². The molecule has 1 saturated heterocycles. The molecule has 1 aliphatic carbocycles. The fourth-order valence-electron chi connectivity index (χ4n) is 3.25. The zero-order valence-electron chi connectivity index (χ0n) is 12.3. The molecule has 20 heavy (non-hydrogen) atoms. The molecule has 2 aliphatic rings. The van der Waals surface area contributed by atoms with E-state index in [2.05, 4.69) is 32.4 Å². The minimum atomic E-state index is 0.778. The van der Waals surface area contributed by atoms with Crippen LogP contribution in [0.3, 0.4) is 0 Å². The molecule has 1 aliphatic heterocycles. The zero-order valence-corrected chi connectivity index (χ0v) is 12.3. The van der Waals surface area contributed by atoms with Gasteiger partial charge in [0, 0.05) is 38.9 Å². The van der Waals surface area contributed by atoms with E-state index in [1.807, 2.05) is 12.3 Å². The first-order chi connectivity index (χ1) is 9.81. The number of nitrogens with zero attached hydrogens (tertiary/aromatic N) is 3. The summed E-state index contributed by atoms with van der Waals surface area (Å²) in [5.41, 5.74) is 0. The fraction of sp³-hybridized carbons (Fsp3) is 0.733. The maximum absolute atomic E-state index is 4.65. The monoisotopic (exact) mass is 275 g/mol. The molecule has 2 heterocycles. The van der Waals surface area contributed by atoms with Gasteiger partial charge in [0.15, 0.2) is 0 Å². The highest BCUT2D eigenvalue weighted by Gasteiger charge is 2.21. The average molecular weight is 275 g/mol. The van der Waals surface area contributed by atoms with Crippen molar-refractivity contribution in [2.75, 3.05) is 42.9 Å². The molecule has 1 saturated carbocycles. The summed E-state index contributed by atoms with van der Waals surface area (Å²) < 4.78 is 0. The first-order valence-corrected chi connectivity index (χ1v) is 7.84. The van der Waals surface area contributed by atoms with Crippen LogP contribution in [-0.4, -0.2) is 42.7 Å². The van der Waals surface area contributed by atoms with Gasteiger partial charge in [-0.25, -0.2) is 4.98 Å². The Morgan fingerprint density at radius 3 is 2.95 bits per heavy atom. The van der Waals surface area contributed by atoms with Crippen molar-refractivity contribution in [3.05, 3.63) is 12.3 Å². The van der Waals surface area contributed by atoms with Crippen molar-refractivity contribution >= 4 is 11.8 Å². The first kappa shape index (κ1) is 13.6. The molecule has 2 N–H and O–H groups in total. The Kier molecular flexibility index (Phi) is 4.35. The molecule has 5 nitrogen and oxygen atoms in total. The second-order valence-corrected chi connectivity index (χ2v) is 6.14. The van der Waals surface area contributed by atoms with Gasteiger partial charge in [-0.2, -0.15) is 4.98 Å².